The van der Waals surface area contributed by atoms with E-state index in [2.05, 4.69) is 5.32 Å². The van der Waals surface area contributed by atoms with E-state index < -0.39 is 6.04 Å². The van der Waals surface area contributed by atoms with E-state index in [1.54, 1.807) is 68.2 Å². The zero-order valence-corrected chi connectivity index (χ0v) is 28.0. The normalized spacial score (nSPS) is 14.3. The average Bonchev–Trinajstić information content (AvgIpc) is 3.38. The van der Waals surface area contributed by atoms with E-state index in [4.69, 9.17) is 42.4 Å². The van der Waals surface area contributed by atoms with Crippen molar-refractivity contribution in [2.45, 2.75) is 19.6 Å². The molecule has 1 aromatic heterocycles. The van der Waals surface area contributed by atoms with Crippen molar-refractivity contribution in [3.05, 3.63) is 149 Å². The Bertz CT molecular complexity index is 2190. The van der Waals surface area contributed by atoms with Gasteiger partial charge in [0.25, 0.3) is 11.5 Å². The standard InChI is InChI=1S/C36H29Cl2N3O5S/c1-21-32(34(42)40-25-9-5-4-6-10-25)33(24-8-7-11-26(19-24)44-2)41-35(43)31(47-36(41)39-21)18-22-13-15-29(30(17-22)45-3)46-20-23-12-14-27(37)28(38)16-23/h4-19,33H,20H2,1-3H3,(H,40,42)/b31-18-/t33-/m1/s1. The molecule has 0 fully saturated rings. The van der Waals surface area contributed by atoms with E-state index in [-0.39, 0.29) is 18.1 Å². The second kappa shape index (κ2) is 13.9. The van der Waals surface area contributed by atoms with Crippen molar-refractivity contribution in [1.29, 1.82) is 0 Å². The fourth-order valence-corrected chi connectivity index (χ4v) is 6.66. The Morgan fingerprint density at radius 1 is 0.936 bits per heavy atom. The summed E-state index contributed by atoms with van der Waals surface area (Å²) in [5, 5.41) is 3.89. The number of allylic oxidation sites excluding steroid dienone is 1. The summed E-state index contributed by atoms with van der Waals surface area (Å²) in [6.45, 7) is 2.04. The smallest absolute Gasteiger partial charge is 0.271 e. The summed E-state index contributed by atoms with van der Waals surface area (Å²) in [5.41, 5.74) is 3.54. The minimum Gasteiger partial charge on any atom is -0.497 e. The Hall–Kier alpha value is -4.83. The molecule has 1 N–H and O–H groups in total. The molecule has 238 valence electrons. The average molecular weight is 687 g/mol. The summed E-state index contributed by atoms with van der Waals surface area (Å²) >= 11 is 13.4. The van der Waals surface area contributed by atoms with Crippen LogP contribution >= 0.6 is 34.5 Å². The second-order valence-corrected chi connectivity index (χ2v) is 12.4. The Labute approximate surface area is 284 Å². The lowest BCUT2D eigenvalue weighted by atomic mass is 9.95. The van der Waals surface area contributed by atoms with Crippen LogP contribution in [-0.4, -0.2) is 24.7 Å². The number of halogens is 2. The number of benzene rings is 4. The monoisotopic (exact) mass is 685 g/mol. The fraction of sp³-hybridized carbons (Fsp3) is 0.139. The molecule has 0 bridgehead atoms. The van der Waals surface area contributed by atoms with Crippen LogP contribution in [0, 0.1) is 0 Å². The molecule has 0 aliphatic carbocycles. The van der Waals surface area contributed by atoms with Gasteiger partial charge in [-0.2, -0.15) is 0 Å². The van der Waals surface area contributed by atoms with Crippen LogP contribution in [0.25, 0.3) is 6.08 Å². The number of amides is 1. The third kappa shape index (κ3) is 6.83. The molecule has 1 aliphatic rings. The highest BCUT2D eigenvalue weighted by atomic mass is 35.5. The van der Waals surface area contributed by atoms with Gasteiger partial charge in [-0.05, 0) is 78.2 Å². The van der Waals surface area contributed by atoms with Crippen molar-refractivity contribution in [1.82, 2.24) is 4.57 Å². The van der Waals surface area contributed by atoms with Crippen molar-refractivity contribution < 1.29 is 19.0 Å². The Balaban J connectivity index is 1.38. The molecule has 0 unspecified atom stereocenters. The van der Waals surface area contributed by atoms with E-state index >= 15 is 0 Å². The van der Waals surface area contributed by atoms with E-state index in [9.17, 15) is 9.59 Å². The molecule has 4 aromatic carbocycles. The summed E-state index contributed by atoms with van der Waals surface area (Å²) in [6, 6.07) is 26.5. The highest BCUT2D eigenvalue weighted by Gasteiger charge is 2.32. The molecule has 0 radical (unpaired) electrons. The highest BCUT2D eigenvalue weighted by molar-refractivity contribution is 7.07. The van der Waals surface area contributed by atoms with Gasteiger partial charge in [0.15, 0.2) is 16.3 Å². The lowest BCUT2D eigenvalue weighted by molar-refractivity contribution is -0.113. The van der Waals surface area contributed by atoms with Gasteiger partial charge < -0.3 is 19.5 Å². The molecule has 0 saturated heterocycles. The molecule has 11 heteroatoms. The Kier molecular flexibility index (Phi) is 9.49. The first-order chi connectivity index (χ1) is 22.7. The zero-order chi connectivity index (χ0) is 33.1. The molecule has 47 heavy (non-hydrogen) atoms. The number of hydrogen-bond acceptors (Lipinski definition) is 7. The van der Waals surface area contributed by atoms with E-state index in [0.29, 0.717) is 53.6 Å². The van der Waals surface area contributed by atoms with Gasteiger partial charge in [0.2, 0.25) is 0 Å². The van der Waals surface area contributed by atoms with Crippen LogP contribution in [0.1, 0.15) is 29.7 Å². The third-order valence-electron chi connectivity index (χ3n) is 7.57. The van der Waals surface area contributed by atoms with Crippen LogP contribution < -0.4 is 34.4 Å². The molecule has 2 heterocycles. The predicted molar refractivity (Wildman–Crippen MR) is 186 cm³/mol. The number of fused-ring (bicyclic) bond motifs is 1. The first-order valence-electron chi connectivity index (χ1n) is 14.5. The SMILES string of the molecule is COc1cccc([C@@H]2C(C(=O)Nc3ccccc3)=C(C)N=c3s/c(=C\c4ccc(OCc5ccc(Cl)c(Cl)c5)c(OC)c4)c(=O)n32)c1. The summed E-state index contributed by atoms with van der Waals surface area (Å²) in [6.07, 6.45) is 1.78. The molecule has 0 saturated carbocycles. The number of ether oxygens (including phenoxy) is 3. The molecule has 0 spiro atoms. The van der Waals surface area contributed by atoms with Crippen LogP contribution in [0.5, 0.6) is 17.2 Å². The summed E-state index contributed by atoms with van der Waals surface area (Å²) in [7, 11) is 3.13. The van der Waals surface area contributed by atoms with Crippen LogP contribution in [0.15, 0.2) is 112 Å². The van der Waals surface area contributed by atoms with Gasteiger partial charge in [-0.1, -0.05) is 77.0 Å². The quantitative estimate of drug-likeness (QED) is 0.185. The van der Waals surface area contributed by atoms with Gasteiger partial charge in [-0.15, -0.1) is 0 Å². The third-order valence-corrected chi connectivity index (χ3v) is 9.29. The minimum absolute atomic E-state index is 0.259. The highest BCUT2D eigenvalue weighted by Crippen LogP contribution is 2.33. The van der Waals surface area contributed by atoms with Gasteiger partial charge >= 0.3 is 0 Å². The van der Waals surface area contributed by atoms with Crippen molar-refractivity contribution >= 4 is 52.2 Å². The van der Waals surface area contributed by atoms with Gasteiger partial charge in [0.1, 0.15) is 12.4 Å². The maximum absolute atomic E-state index is 14.1. The molecule has 1 atom stereocenters. The van der Waals surface area contributed by atoms with Crippen molar-refractivity contribution in [2.24, 2.45) is 4.99 Å². The van der Waals surface area contributed by atoms with Crippen LogP contribution in [-0.2, 0) is 11.4 Å². The van der Waals surface area contributed by atoms with E-state index in [1.165, 1.54) is 11.3 Å². The number of anilines is 1. The molecule has 1 amide bonds. The Morgan fingerprint density at radius 2 is 1.74 bits per heavy atom. The number of hydrogen-bond donors (Lipinski definition) is 1. The van der Waals surface area contributed by atoms with Crippen molar-refractivity contribution in [3.8, 4) is 17.2 Å². The first-order valence-corrected chi connectivity index (χ1v) is 16.1. The Morgan fingerprint density at radius 3 is 2.49 bits per heavy atom. The molecule has 5 aromatic rings. The number of aromatic nitrogens is 1. The maximum Gasteiger partial charge on any atom is 0.271 e. The molecule has 8 nitrogen and oxygen atoms in total. The largest absolute Gasteiger partial charge is 0.497 e. The zero-order valence-electron chi connectivity index (χ0n) is 25.6. The van der Waals surface area contributed by atoms with Gasteiger partial charge in [0, 0.05) is 5.69 Å². The first kappa shape index (κ1) is 32.1. The molecule has 1 aliphatic heterocycles. The van der Waals surface area contributed by atoms with Gasteiger partial charge in [0.05, 0.1) is 46.1 Å². The number of para-hydroxylation sites is 1. The number of nitrogens with zero attached hydrogens (tertiary/aromatic N) is 2. The van der Waals surface area contributed by atoms with E-state index in [1.807, 2.05) is 54.6 Å². The van der Waals surface area contributed by atoms with Crippen molar-refractivity contribution in [2.75, 3.05) is 19.5 Å². The van der Waals surface area contributed by atoms with Crippen molar-refractivity contribution in [3.63, 3.8) is 0 Å². The second-order valence-electron chi connectivity index (χ2n) is 10.6. The predicted octanol–water partition coefficient (Wildman–Crippen LogP) is 6.78. The van der Waals surface area contributed by atoms with Gasteiger partial charge in [-0.3, -0.25) is 14.2 Å². The molecule has 6 rings (SSSR count). The number of nitrogens with one attached hydrogen (secondary N) is 1. The van der Waals surface area contributed by atoms with Gasteiger partial charge in [-0.25, -0.2) is 4.99 Å². The summed E-state index contributed by atoms with van der Waals surface area (Å²) in [5.74, 6) is 1.29. The summed E-state index contributed by atoms with van der Waals surface area (Å²) in [4.78, 5) is 33.1. The van der Waals surface area contributed by atoms with E-state index in [0.717, 1.165) is 16.7 Å². The van der Waals surface area contributed by atoms with Crippen LogP contribution in [0.2, 0.25) is 10.0 Å². The number of methoxy groups -OCH3 is 2. The number of carbonyl (C=O) groups excluding carboxylic acids is 1. The molecular weight excluding hydrogens is 657 g/mol. The number of thiazole rings is 1. The minimum atomic E-state index is -0.737. The number of carbonyl (C=O) groups is 1. The number of rotatable bonds is 9. The lowest BCUT2D eigenvalue weighted by Crippen LogP contribution is -2.40. The lowest BCUT2D eigenvalue weighted by Gasteiger charge is -2.25. The fourth-order valence-electron chi connectivity index (χ4n) is 5.29. The van der Waals surface area contributed by atoms with Crippen LogP contribution in [0.3, 0.4) is 0 Å². The van der Waals surface area contributed by atoms with Crippen LogP contribution in [0.4, 0.5) is 5.69 Å². The topological polar surface area (TPSA) is 91.2 Å². The maximum atomic E-state index is 14.1. The summed E-state index contributed by atoms with van der Waals surface area (Å²) < 4.78 is 19.1. The molecular formula is C36H29Cl2N3O5S.